The Morgan fingerprint density at radius 3 is 2.48 bits per heavy atom. The highest BCUT2D eigenvalue weighted by Crippen LogP contribution is 2.29. The molecule has 2 amide bonds. The molecule has 23 heavy (non-hydrogen) atoms. The number of nitrogens with zero attached hydrogens (tertiary/aromatic N) is 2. The Kier molecular flexibility index (Phi) is 4.57. The van der Waals surface area contributed by atoms with Crippen molar-refractivity contribution in [1.29, 1.82) is 0 Å². The van der Waals surface area contributed by atoms with E-state index in [9.17, 15) is 22.8 Å². The van der Waals surface area contributed by atoms with Gasteiger partial charge in [0.15, 0.2) is 0 Å². The molecule has 0 radical (unpaired) electrons. The van der Waals surface area contributed by atoms with E-state index < -0.39 is 17.6 Å². The predicted molar refractivity (Wildman–Crippen MR) is 75.9 cm³/mol. The molecule has 2 aromatic rings. The van der Waals surface area contributed by atoms with E-state index in [4.69, 9.17) is 0 Å². The lowest BCUT2D eigenvalue weighted by Gasteiger charge is -2.09. The molecule has 0 atom stereocenters. The lowest BCUT2D eigenvalue weighted by atomic mass is 10.2. The maximum atomic E-state index is 12.8. The monoisotopic (exact) mass is 328 g/mol. The van der Waals surface area contributed by atoms with Gasteiger partial charge in [-0.1, -0.05) is 0 Å². The Morgan fingerprint density at radius 1 is 1.22 bits per heavy atom. The summed E-state index contributed by atoms with van der Waals surface area (Å²) in [7, 11) is 0. The molecule has 0 unspecified atom stereocenters. The van der Waals surface area contributed by atoms with Crippen molar-refractivity contribution in [3.05, 3.63) is 35.3 Å². The van der Waals surface area contributed by atoms with E-state index in [1.807, 2.05) is 0 Å². The van der Waals surface area contributed by atoms with Crippen LogP contribution in [-0.4, -0.2) is 34.3 Å². The number of rotatable bonds is 4. The standard InChI is InChI=1S/C14H15F3N4O2/c1-8-12(13(23)19-6-5-18-9(2)22)21-7-10(14(15,16)17)3-4-11(21)20-8/h3-4,7H,5-6H2,1-2H3,(H,18,22)(H,19,23). The first kappa shape index (κ1) is 16.8. The van der Waals surface area contributed by atoms with Crippen LogP contribution >= 0.6 is 0 Å². The minimum atomic E-state index is -4.51. The summed E-state index contributed by atoms with van der Waals surface area (Å²) >= 11 is 0. The van der Waals surface area contributed by atoms with Crippen molar-refractivity contribution >= 4 is 17.5 Å². The van der Waals surface area contributed by atoms with Gasteiger partial charge in [0.2, 0.25) is 5.91 Å². The molecule has 0 saturated carbocycles. The number of alkyl halides is 3. The SMILES string of the molecule is CC(=O)NCCNC(=O)c1c(C)nc2ccc(C(F)(F)F)cn12. The summed E-state index contributed by atoms with van der Waals surface area (Å²) in [5.74, 6) is -0.792. The Balaban J connectivity index is 2.26. The predicted octanol–water partition coefficient (Wildman–Crippen LogP) is 1.53. The number of carbonyl (C=O) groups excluding carboxylic acids is 2. The van der Waals surface area contributed by atoms with Crippen LogP contribution in [0.5, 0.6) is 0 Å². The smallest absolute Gasteiger partial charge is 0.355 e. The van der Waals surface area contributed by atoms with Crippen molar-refractivity contribution < 1.29 is 22.8 Å². The lowest BCUT2D eigenvalue weighted by Crippen LogP contribution is -2.34. The first-order valence-corrected chi connectivity index (χ1v) is 6.78. The molecule has 2 N–H and O–H groups in total. The molecule has 0 fully saturated rings. The average molecular weight is 328 g/mol. The molecule has 0 aliphatic rings. The molecule has 6 nitrogen and oxygen atoms in total. The number of hydrogen-bond donors (Lipinski definition) is 2. The third-order valence-corrected chi connectivity index (χ3v) is 3.12. The molecule has 0 aromatic carbocycles. The van der Waals surface area contributed by atoms with E-state index in [0.717, 1.165) is 16.7 Å². The fourth-order valence-electron chi connectivity index (χ4n) is 2.10. The number of halogens is 3. The summed E-state index contributed by atoms with van der Waals surface area (Å²) in [6, 6.07) is 2.13. The molecule has 0 aliphatic heterocycles. The van der Waals surface area contributed by atoms with Crippen molar-refractivity contribution in [2.45, 2.75) is 20.0 Å². The molecule has 0 aliphatic carbocycles. The number of hydrogen-bond acceptors (Lipinski definition) is 3. The van der Waals surface area contributed by atoms with E-state index >= 15 is 0 Å². The second kappa shape index (κ2) is 6.27. The number of aromatic nitrogens is 2. The van der Waals surface area contributed by atoms with Gasteiger partial charge in [0.25, 0.3) is 5.91 Å². The summed E-state index contributed by atoms with van der Waals surface area (Å²) in [4.78, 5) is 27.0. The maximum Gasteiger partial charge on any atom is 0.417 e. The minimum Gasteiger partial charge on any atom is -0.355 e. The van der Waals surface area contributed by atoms with Crippen molar-refractivity contribution in [1.82, 2.24) is 20.0 Å². The molecular formula is C14H15F3N4O2. The van der Waals surface area contributed by atoms with Gasteiger partial charge in [0.05, 0.1) is 11.3 Å². The minimum absolute atomic E-state index is 0.0360. The number of imidazole rings is 1. The third-order valence-electron chi connectivity index (χ3n) is 3.12. The Labute approximate surface area is 129 Å². The Morgan fingerprint density at radius 2 is 1.87 bits per heavy atom. The van der Waals surface area contributed by atoms with Gasteiger partial charge in [-0.3, -0.25) is 14.0 Å². The van der Waals surface area contributed by atoms with Crippen molar-refractivity contribution in [2.24, 2.45) is 0 Å². The highest BCUT2D eigenvalue weighted by molar-refractivity contribution is 5.94. The van der Waals surface area contributed by atoms with Gasteiger partial charge in [0.1, 0.15) is 11.3 Å². The Hall–Kier alpha value is -2.58. The zero-order valence-corrected chi connectivity index (χ0v) is 12.5. The molecule has 9 heteroatoms. The molecule has 2 rings (SSSR count). The van der Waals surface area contributed by atoms with Crippen LogP contribution in [0.1, 0.15) is 28.7 Å². The van der Waals surface area contributed by atoms with Crippen LogP contribution in [0, 0.1) is 6.92 Å². The lowest BCUT2D eigenvalue weighted by molar-refractivity contribution is -0.137. The van der Waals surface area contributed by atoms with Gasteiger partial charge in [-0.05, 0) is 19.1 Å². The van der Waals surface area contributed by atoms with Gasteiger partial charge >= 0.3 is 6.18 Å². The highest BCUT2D eigenvalue weighted by atomic mass is 19.4. The number of amides is 2. The van der Waals surface area contributed by atoms with Crippen molar-refractivity contribution in [3.63, 3.8) is 0 Å². The zero-order valence-electron chi connectivity index (χ0n) is 12.5. The third kappa shape index (κ3) is 3.79. The number of nitrogens with one attached hydrogen (secondary N) is 2. The number of aryl methyl sites for hydroxylation is 1. The van der Waals surface area contributed by atoms with Crippen LogP contribution in [0.2, 0.25) is 0 Å². The van der Waals surface area contributed by atoms with Crippen molar-refractivity contribution in [2.75, 3.05) is 13.1 Å². The average Bonchev–Trinajstić information content (AvgIpc) is 2.77. The zero-order chi connectivity index (χ0) is 17.2. The fourth-order valence-corrected chi connectivity index (χ4v) is 2.10. The van der Waals surface area contributed by atoms with E-state index in [0.29, 0.717) is 5.69 Å². The maximum absolute atomic E-state index is 12.8. The summed E-state index contributed by atoms with van der Waals surface area (Å²) in [6.45, 7) is 3.27. The fraction of sp³-hybridized carbons (Fsp3) is 0.357. The van der Waals surface area contributed by atoms with Crippen LogP contribution < -0.4 is 10.6 Å². The first-order chi connectivity index (χ1) is 10.7. The summed E-state index contributed by atoms with van der Waals surface area (Å²) < 4.78 is 39.5. The van der Waals surface area contributed by atoms with E-state index in [2.05, 4.69) is 15.6 Å². The molecular weight excluding hydrogens is 313 g/mol. The van der Waals surface area contributed by atoms with Crippen molar-refractivity contribution in [3.8, 4) is 0 Å². The molecule has 124 valence electrons. The Bertz CT molecular complexity index is 752. The second-order valence-corrected chi connectivity index (χ2v) is 4.93. The number of carbonyl (C=O) groups is 2. The quantitative estimate of drug-likeness (QED) is 0.836. The topological polar surface area (TPSA) is 75.5 Å². The molecule has 0 spiro atoms. The molecule has 0 saturated heterocycles. The second-order valence-electron chi connectivity index (χ2n) is 4.93. The van der Waals surface area contributed by atoms with E-state index in [-0.39, 0.29) is 30.3 Å². The van der Waals surface area contributed by atoms with Crippen LogP contribution in [-0.2, 0) is 11.0 Å². The van der Waals surface area contributed by atoms with E-state index in [1.54, 1.807) is 6.92 Å². The molecule has 0 bridgehead atoms. The summed E-state index contributed by atoms with van der Waals surface area (Å²) in [6.07, 6.45) is -3.66. The molecule has 2 heterocycles. The molecule has 2 aromatic heterocycles. The number of pyridine rings is 1. The van der Waals surface area contributed by atoms with Crippen LogP contribution in [0.25, 0.3) is 5.65 Å². The largest absolute Gasteiger partial charge is 0.417 e. The van der Waals surface area contributed by atoms with Crippen LogP contribution in [0.15, 0.2) is 18.3 Å². The normalized spacial score (nSPS) is 11.5. The number of fused-ring (bicyclic) bond motifs is 1. The first-order valence-electron chi connectivity index (χ1n) is 6.78. The van der Waals surface area contributed by atoms with Gasteiger partial charge in [0, 0.05) is 26.2 Å². The van der Waals surface area contributed by atoms with Gasteiger partial charge < -0.3 is 10.6 Å². The highest BCUT2D eigenvalue weighted by Gasteiger charge is 2.31. The van der Waals surface area contributed by atoms with Crippen LogP contribution in [0.4, 0.5) is 13.2 Å². The van der Waals surface area contributed by atoms with Crippen LogP contribution in [0.3, 0.4) is 0 Å². The van der Waals surface area contributed by atoms with Gasteiger partial charge in [-0.15, -0.1) is 0 Å². The van der Waals surface area contributed by atoms with Gasteiger partial charge in [-0.25, -0.2) is 4.98 Å². The van der Waals surface area contributed by atoms with Gasteiger partial charge in [-0.2, -0.15) is 13.2 Å². The van der Waals surface area contributed by atoms with E-state index in [1.165, 1.54) is 13.0 Å². The summed E-state index contributed by atoms with van der Waals surface area (Å²) in [5, 5.41) is 5.04. The summed E-state index contributed by atoms with van der Waals surface area (Å²) in [5.41, 5.74) is -0.257.